The van der Waals surface area contributed by atoms with Crippen LogP contribution in [0.25, 0.3) is 28.0 Å². The molecule has 0 saturated carbocycles. The molecule has 9 nitrogen and oxygen atoms in total. The zero-order valence-electron chi connectivity index (χ0n) is 16.8. The molecule has 0 bridgehead atoms. The second kappa shape index (κ2) is 7.03. The quantitative estimate of drug-likeness (QED) is 0.496. The van der Waals surface area contributed by atoms with Gasteiger partial charge in [-0.2, -0.15) is 15.2 Å². The van der Waals surface area contributed by atoms with Gasteiger partial charge in [-0.1, -0.05) is 0 Å². The molecule has 1 N–H and O–H groups in total. The van der Waals surface area contributed by atoms with Gasteiger partial charge in [-0.15, -0.1) is 0 Å². The molecule has 0 radical (unpaired) electrons. The first-order chi connectivity index (χ1) is 14.5. The van der Waals surface area contributed by atoms with Gasteiger partial charge in [-0.3, -0.25) is 4.68 Å². The van der Waals surface area contributed by atoms with Crippen molar-refractivity contribution < 1.29 is 0 Å². The zero-order chi connectivity index (χ0) is 20.7. The lowest BCUT2D eigenvalue weighted by Crippen LogP contribution is -2.01. The van der Waals surface area contributed by atoms with Crippen molar-refractivity contribution in [2.75, 3.05) is 5.32 Å². The van der Waals surface area contributed by atoms with E-state index >= 15 is 0 Å². The van der Waals surface area contributed by atoms with E-state index in [2.05, 4.69) is 35.5 Å². The normalized spacial score (nSPS) is 11.2. The predicted octanol–water partition coefficient (Wildman–Crippen LogP) is 3.37. The van der Waals surface area contributed by atoms with Gasteiger partial charge in [0.05, 0.1) is 17.6 Å². The van der Waals surface area contributed by atoms with Crippen molar-refractivity contribution in [3.05, 3.63) is 66.6 Å². The maximum absolute atomic E-state index is 4.66. The molecule has 9 heteroatoms. The third-order valence-electron chi connectivity index (χ3n) is 4.69. The summed E-state index contributed by atoms with van der Waals surface area (Å²) in [6.45, 7) is 3.81. The molecule has 0 saturated heterocycles. The average molecular weight is 397 g/mol. The molecule has 0 aliphatic carbocycles. The first-order valence-corrected chi connectivity index (χ1v) is 9.46. The number of aromatic nitrogens is 8. The summed E-state index contributed by atoms with van der Waals surface area (Å²) in [5.74, 6) is 2.08. The molecule has 30 heavy (non-hydrogen) atoms. The van der Waals surface area contributed by atoms with Crippen LogP contribution in [0, 0.1) is 13.8 Å². The Bertz CT molecular complexity index is 1350. The molecule has 0 amide bonds. The average Bonchev–Trinajstić information content (AvgIpc) is 3.32. The van der Waals surface area contributed by atoms with Gasteiger partial charge < -0.3 is 5.32 Å². The number of fused-ring (bicyclic) bond motifs is 1. The first kappa shape index (κ1) is 17.9. The molecule has 4 heterocycles. The summed E-state index contributed by atoms with van der Waals surface area (Å²) in [5.41, 5.74) is 4.21. The SMILES string of the molecule is Cc1nc(C)n(-c2ccc(Nc3ncc4ccc(-c5cnn(C)c5)nc4n3)cc2)n1. The molecule has 0 unspecified atom stereocenters. The Labute approximate surface area is 172 Å². The van der Waals surface area contributed by atoms with Gasteiger partial charge >= 0.3 is 0 Å². The minimum absolute atomic E-state index is 0.485. The number of nitrogens with one attached hydrogen (secondary N) is 1. The van der Waals surface area contributed by atoms with Crippen LogP contribution in [0.1, 0.15) is 11.6 Å². The molecule has 0 spiro atoms. The van der Waals surface area contributed by atoms with E-state index in [1.165, 1.54) is 0 Å². The van der Waals surface area contributed by atoms with E-state index in [9.17, 15) is 0 Å². The van der Waals surface area contributed by atoms with E-state index in [1.54, 1.807) is 17.1 Å². The molecule has 0 fully saturated rings. The molecule has 4 aromatic heterocycles. The van der Waals surface area contributed by atoms with Crippen LogP contribution in [0.5, 0.6) is 0 Å². The smallest absolute Gasteiger partial charge is 0.229 e. The van der Waals surface area contributed by atoms with E-state index in [0.29, 0.717) is 11.6 Å². The topological polar surface area (TPSA) is 99.2 Å². The van der Waals surface area contributed by atoms with Crippen LogP contribution >= 0.6 is 0 Å². The third kappa shape index (κ3) is 3.37. The highest BCUT2D eigenvalue weighted by atomic mass is 15.3. The number of anilines is 2. The molecular formula is C21H19N9. The molecule has 5 rings (SSSR count). The number of pyridine rings is 1. The zero-order valence-corrected chi connectivity index (χ0v) is 16.8. The van der Waals surface area contributed by atoms with Gasteiger partial charge in [0, 0.05) is 36.1 Å². The monoisotopic (exact) mass is 397 g/mol. The maximum Gasteiger partial charge on any atom is 0.229 e. The van der Waals surface area contributed by atoms with Crippen molar-refractivity contribution in [3.63, 3.8) is 0 Å². The second-order valence-electron chi connectivity index (χ2n) is 7.00. The largest absolute Gasteiger partial charge is 0.324 e. The standard InChI is InChI=1S/C21H19N9/c1-13-24-14(2)30(28-13)18-7-5-17(6-8-18)25-21-22-10-15-4-9-19(26-20(15)27-21)16-11-23-29(3)12-16/h4-12H,1-3H3,(H,22,25,26,27). The maximum atomic E-state index is 4.66. The number of nitrogens with zero attached hydrogens (tertiary/aromatic N) is 8. The van der Waals surface area contributed by atoms with E-state index in [4.69, 9.17) is 0 Å². The van der Waals surface area contributed by atoms with Crippen LogP contribution in [0.2, 0.25) is 0 Å². The Morgan fingerprint density at radius 2 is 1.73 bits per heavy atom. The van der Waals surface area contributed by atoms with Crippen molar-refractivity contribution in [3.8, 4) is 16.9 Å². The van der Waals surface area contributed by atoms with Gasteiger partial charge in [-0.05, 0) is 50.2 Å². The summed E-state index contributed by atoms with van der Waals surface area (Å²) in [5, 5.41) is 12.7. The number of hydrogen-bond acceptors (Lipinski definition) is 7. The fourth-order valence-electron chi connectivity index (χ4n) is 3.26. The molecular weight excluding hydrogens is 378 g/mol. The lowest BCUT2D eigenvalue weighted by Gasteiger charge is -2.08. The lowest BCUT2D eigenvalue weighted by molar-refractivity contribution is 0.768. The minimum Gasteiger partial charge on any atom is -0.324 e. The van der Waals surface area contributed by atoms with Crippen molar-refractivity contribution in [2.45, 2.75) is 13.8 Å². The van der Waals surface area contributed by atoms with Crippen molar-refractivity contribution in [1.29, 1.82) is 0 Å². The lowest BCUT2D eigenvalue weighted by atomic mass is 10.2. The van der Waals surface area contributed by atoms with E-state index < -0.39 is 0 Å². The highest BCUT2D eigenvalue weighted by Crippen LogP contribution is 2.21. The minimum atomic E-state index is 0.485. The fourth-order valence-corrected chi connectivity index (χ4v) is 3.26. The summed E-state index contributed by atoms with van der Waals surface area (Å²) in [6.07, 6.45) is 5.48. The second-order valence-corrected chi connectivity index (χ2v) is 7.00. The van der Waals surface area contributed by atoms with Gasteiger partial charge in [-0.25, -0.2) is 19.6 Å². The summed E-state index contributed by atoms with van der Waals surface area (Å²) < 4.78 is 3.56. The Kier molecular flexibility index (Phi) is 4.20. The fraction of sp³-hybridized carbons (Fsp3) is 0.143. The van der Waals surface area contributed by atoms with Gasteiger partial charge in [0.25, 0.3) is 0 Å². The van der Waals surface area contributed by atoms with Crippen molar-refractivity contribution >= 4 is 22.7 Å². The van der Waals surface area contributed by atoms with Gasteiger partial charge in [0.15, 0.2) is 5.65 Å². The van der Waals surface area contributed by atoms with Crippen LogP contribution in [-0.2, 0) is 7.05 Å². The van der Waals surface area contributed by atoms with Crippen LogP contribution in [0.3, 0.4) is 0 Å². The van der Waals surface area contributed by atoms with Gasteiger partial charge in [0.1, 0.15) is 11.6 Å². The Balaban J connectivity index is 1.41. The summed E-state index contributed by atoms with van der Waals surface area (Å²) in [6, 6.07) is 11.8. The van der Waals surface area contributed by atoms with Gasteiger partial charge in [0.2, 0.25) is 5.95 Å². The molecule has 0 aliphatic rings. The first-order valence-electron chi connectivity index (χ1n) is 9.46. The summed E-state index contributed by atoms with van der Waals surface area (Å²) in [7, 11) is 1.88. The number of benzene rings is 1. The number of aryl methyl sites for hydroxylation is 3. The van der Waals surface area contributed by atoms with Crippen LogP contribution in [0.15, 0.2) is 55.0 Å². The Morgan fingerprint density at radius 1 is 0.900 bits per heavy atom. The number of rotatable bonds is 4. The van der Waals surface area contributed by atoms with Crippen LogP contribution < -0.4 is 5.32 Å². The Morgan fingerprint density at radius 3 is 2.43 bits per heavy atom. The van der Waals surface area contributed by atoms with Crippen molar-refractivity contribution in [1.82, 2.24) is 39.5 Å². The van der Waals surface area contributed by atoms with E-state index in [1.807, 2.05) is 68.2 Å². The van der Waals surface area contributed by atoms with Crippen LogP contribution in [0.4, 0.5) is 11.6 Å². The number of hydrogen-bond donors (Lipinski definition) is 1. The van der Waals surface area contributed by atoms with E-state index in [0.717, 1.165) is 39.7 Å². The highest BCUT2D eigenvalue weighted by molar-refractivity contribution is 5.78. The third-order valence-corrected chi connectivity index (χ3v) is 4.69. The Hall–Kier alpha value is -4.14. The highest BCUT2D eigenvalue weighted by Gasteiger charge is 2.08. The summed E-state index contributed by atoms with van der Waals surface area (Å²) in [4.78, 5) is 18.0. The molecule has 148 valence electrons. The molecule has 0 aliphatic heterocycles. The molecule has 0 atom stereocenters. The van der Waals surface area contributed by atoms with E-state index in [-0.39, 0.29) is 0 Å². The molecule has 1 aromatic carbocycles. The predicted molar refractivity (Wildman–Crippen MR) is 114 cm³/mol. The van der Waals surface area contributed by atoms with Crippen LogP contribution in [-0.4, -0.2) is 39.5 Å². The summed E-state index contributed by atoms with van der Waals surface area (Å²) >= 11 is 0. The van der Waals surface area contributed by atoms with Crippen molar-refractivity contribution in [2.24, 2.45) is 7.05 Å². The molecule has 5 aromatic rings.